The summed E-state index contributed by atoms with van der Waals surface area (Å²) >= 11 is 1.63. The van der Waals surface area contributed by atoms with Crippen LogP contribution in [0.5, 0.6) is 0 Å². The minimum absolute atomic E-state index is 0.603. The summed E-state index contributed by atoms with van der Waals surface area (Å²) in [6.45, 7) is 5.26. The van der Waals surface area contributed by atoms with Crippen molar-refractivity contribution in [2.45, 2.75) is 38.8 Å². The summed E-state index contributed by atoms with van der Waals surface area (Å²) in [5.74, 6) is 0. The maximum Gasteiger partial charge on any atom is 0.193 e. The van der Waals surface area contributed by atoms with E-state index in [9.17, 15) is 5.11 Å². The Balaban J connectivity index is 1.84. The van der Waals surface area contributed by atoms with E-state index in [1.165, 1.54) is 0 Å². The molecule has 5 heteroatoms. The molecule has 1 atom stereocenters. The van der Waals surface area contributed by atoms with Crippen molar-refractivity contribution >= 4 is 16.3 Å². The van der Waals surface area contributed by atoms with Crippen molar-refractivity contribution in [1.82, 2.24) is 14.7 Å². The van der Waals surface area contributed by atoms with Crippen molar-refractivity contribution in [2.75, 3.05) is 6.54 Å². The predicted molar refractivity (Wildman–Crippen MR) is 70.3 cm³/mol. The molecule has 0 saturated carbocycles. The third-order valence-corrected chi connectivity index (χ3v) is 3.51. The highest BCUT2D eigenvalue weighted by Crippen LogP contribution is 2.12. The highest BCUT2D eigenvalue weighted by Gasteiger charge is 2.18. The second kappa shape index (κ2) is 5.16. The van der Waals surface area contributed by atoms with Gasteiger partial charge in [-0.2, -0.15) is 0 Å². The topological polar surface area (TPSA) is 49.6 Å². The number of rotatable bonds is 6. The molecule has 2 rings (SSSR count). The van der Waals surface area contributed by atoms with Crippen molar-refractivity contribution in [3.8, 4) is 0 Å². The third kappa shape index (κ3) is 3.28. The van der Waals surface area contributed by atoms with E-state index in [1.54, 1.807) is 11.3 Å². The lowest BCUT2D eigenvalue weighted by Crippen LogP contribution is -2.37. The van der Waals surface area contributed by atoms with E-state index in [4.69, 9.17) is 0 Å². The van der Waals surface area contributed by atoms with Crippen molar-refractivity contribution in [3.05, 3.63) is 23.5 Å². The molecule has 1 unspecified atom stereocenters. The predicted octanol–water partition coefficient (Wildman–Crippen LogP) is 2.04. The van der Waals surface area contributed by atoms with Crippen LogP contribution < -0.4 is 5.32 Å². The molecule has 0 radical (unpaired) electrons. The van der Waals surface area contributed by atoms with Crippen molar-refractivity contribution in [1.29, 1.82) is 0 Å². The normalized spacial score (nSPS) is 15.2. The molecule has 0 aliphatic heterocycles. The monoisotopic (exact) mass is 253 g/mol. The molecule has 0 aliphatic carbocycles. The van der Waals surface area contributed by atoms with Gasteiger partial charge in [-0.15, -0.1) is 11.3 Å². The number of nitrogens with zero attached hydrogens (tertiary/aromatic N) is 2. The van der Waals surface area contributed by atoms with Crippen LogP contribution in [0.1, 0.15) is 32.4 Å². The smallest absolute Gasteiger partial charge is 0.193 e. The Bertz CT molecular complexity index is 446. The number of hydrogen-bond acceptors (Lipinski definition) is 4. The van der Waals surface area contributed by atoms with Gasteiger partial charge in [0.25, 0.3) is 0 Å². The summed E-state index contributed by atoms with van der Waals surface area (Å²) in [6.07, 6.45) is 5.84. The minimum Gasteiger partial charge on any atom is -0.389 e. The quantitative estimate of drug-likeness (QED) is 0.828. The van der Waals surface area contributed by atoms with Gasteiger partial charge in [0.2, 0.25) is 0 Å². The molecule has 2 heterocycles. The first-order valence-corrected chi connectivity index (χ1v) is 6.83. The van der Waals surface area contributed by atoms with Gasteiger partial charge in [0, 0.05) is 30.9 Å². The van der Waals surface area contributed by atoms with Gasteiger partial charge >= 0.3 is 0 Å². The van der Waals surface area contributed by atoms with E-state index in [0.29, 0.717) is 13.1 Å². The van der Waals surface area contributed by atoms with Gasteiger partial charge in [0.15, 0.2) is 4.96 Å². The highest BCUT2D eigenvalue weighted by atomic mass is 32.1. The van der Waals surface area contributed by atoms with E-state index in [2.05, 4.69) is 17.2 Å². The number of fused-ring (bicyclic) bond motifs is 1. The fourth-order valence-electron chi connectivity index (χ4n) is 1.95. The van der Waals surface area contributed by atoms with Gasteiger partial charge in [-0.1, -0.05) is 13.3 Å². The molecule has 0 fully saturated rings. The molecule has 0 saturated heterocycles. The van der Waals surface area contributed by atoms with Crippen LogP contribution in [-0.4, -0.2) is 26.6 Å². The Labute approximate surface area is 105 Å². The summed E-state index contributed by atoms with van der Waals surface area (Å²) in [5, 5.41) is 15.3. The Morgan fingerprint density at radius 1 is 1.59 bits per heavy atom. The fourth-order valence-corrected chi connectivity index (χ4v) is 2.67. The van der Waals surface area contributed by atoms with Crippen molar-refractivity contribution in [3.63, 3.8) is 0 Å². The molecule has 4 nitrogen and oxygen atoms in total. The van der Waals surface area contributed by atoms with Gasteiger partial charge in [-0.05, 0) is 13.3 Å². The van der Waals surface area contributed by atoms with Crippen LogP contribution in [0.15, 0.2) is 17.8 Å². The summed E-state index contributed by atoms with van der Waals surface area (Å²) in [4.78, 5) is 5.49. The minimum atomic E-state index is -0.619. The number of aliphatic hydroxyl groups is 1. The summed E-state index contributed by atoms with van der Waals surface area (Å²) < 4.78 is 2.02. The number of hydrogen-bond donors (Lipinski definition) is 2. The van der Waals surface area contributed by atoms with Crippen LogP contribution in [0, 0.1) is 0 Å². The Morgan fingerprint density at radius 3 is 3.12 bits per heavy atom. The molecule has 0 aromatic carbocycles. The average Bonchev–Trinajstić information content (AvgIpc) is 2.76. The second-order valence-electron chi connectivity index (χ2n) is 4.68. The van der Waals surface area contributed by atoms with Gasteiger partial charge in [-0.3, -0.25) is 4.40 Å². The van der Waals surface area contributed by atoms with Crippen LogP contribution in [0.4, 0.5) is 0 Å². The molecule has 2 aromatic heterocycles. The van der Waals surface area contributed by atoms with E-state index in [1.807, 2.05) is 29.1 Å². The van der Waals surface area contributed by atoms with E-state index < -0.39 is 5.60 Å². The number of thiazole rings is 1. The molecule has 0 aliphatic rings. The average molecular weight is 253 g/mol. The van der Waals surface area contributed by atoms with Crippen molar-refractivity contribution in [2.24, 2.45) is 0 Å². The number of aromatic nitrogens is 2. The van der Waals surface area contributed by atoms with Crippen LogP contribution in [-0.2, 0) is 6.54 Å². The number of imidazole rings is 1. The zero-order chi connectivity index (χ0) is 12.3. The highest BCUT2D eigenvalue weighted by molar-refractivity contribution is 7.15. The lowest BCUT2D eigenvalue weighted by Gasteiger charge is -2.22. The molecule has 0 spiro atoms. The molecule has 2 N–H and O–H groups in total. The Hall–Kier alpha value is -0.910. The number of nitrogens with one attached hydrogen (secondary N) is 1. The van der Waals surface area contributed by atoms with Crippen LogP contribution in [0.3, 0.4) is 0 Å². The first-order valence-electron chi connectivity index (χ1n) is 5.95. The van der Waals surface area contributed by atoms with Crippen LogP contribution in [0.2, 0.25) is 0 Å². The first kappa shape index (κ1) is 12.5. The van der Waals surface area contributed by atoms with Crippen LogP contribution >= 0.6 is 11.3 Å². The van der Waals surface area contributed by atoms with Crippen LogP contribution in [0.25, 0.3) is 4.96 Å². The first-order chi connectivity index (χ1) is 8.11. The lowest BCUT2D eigenvalue weighted by atomic mass is 10.0. The molecular formula is C12H19N3OS. The summed E-state index contributed by atoms with van der Waals surface area (Å²) in [7, 11) is 0. The van der Waals surface area contributed by atoms with Gasteiger partial charge in [0.05, 0.1) is 11.3 Å². The molecule has 2 aromatic rings. The van der Waals surface area contributed by atoms with E-state index in [-0.39, 0.29) is 0 Å². The standard InChI is InChI=1S/C12H19N3OS/c1-3-4-12(2,16)9-13-7-10-8-15-5-6-17-11(15)14-10/h5-6,8,13,16H,3-4,7,9H2,1-2H3. The molecule has 17 heavy (non-hydrogen) atoms. The molecule has 0 amide bonds. The molecule has 94 valence electrons. The second-order valence-corrected chi connectivity index (χ2v) is 5.55. The summed E-state index contributed by atoms with van der Waals surface area (Å²) in [5.41, 5.74) is 0.399. The van der Waals surface area contributed by atoms with Gasteiger partial charge in [0.1, 0.15) is 0 Å². The maximum absolute atomic E-state index is 10.0. The van der Waals surface area contributed by atoms with E-state index in [0.717, 1.165) is 23.5 Å². The van der Waals surface area contributed by atoms with Crippen molar-refractivity contribution < 1.29 is 5.11 Å². The lowest BCUT2D eigenvalue weighted by molar-refractivity contribution is 0.0497. The third-order valence-electron chi connectivity index (χ3n) is 2.74. The zero-order valence-corrected chi connectivity index (χ0v) is 11.1. The largest absolute Gasteiger partial charge is 0.389 e. The Morgan fingerprint density at radius 2 is 2.41 bits per heavy atom. The summed E-state index contributed by atoms with van der Waals surface area (Å²) in [6, 6.07) is 0. The van der Waals surface area contributed by atoms with E-state index >= 15 is 0 Å². The fraction of sp³-hybridized carbons (Fsp3) is 0.583. The maximum atomic E-state index is 10.0. The SMILES string of the molecule is CCCC(C)(O)CNCc1cn2ccsc2n1. The molecular weight excluding hydrogens is 234 g/mol. The zero-order valence-electron chi connectivity index (χ0n) is 10.3. The molecule has 0 bridgehead atoms. The Kier molecular flexibility index (Phi) is 3.81. The van der Waals surface area contributed by atoms with Gasteiger partial charge in [-0.25, -0.2) is 4.98 Å². The van der Waals surface area contributed by atoms with Gasteiger partial charge < -0.3 is 10.4 Å².